The fourth-order valence-corrected chi connectivity index (χ4v) is 3.78. The number of benzene rings is 2. The third-order valence-electron chi connectivity index (χ3n) is 5.64. The quantitative estimate of drug-likeness (QED) is 0.780. The summed E-state index contributed by atoms with van der Waals surface area (Å²) < 4.78 is 0. The minimum absolute atomic E-state index is 0.0646. The number of nitrogens with one attached hydrogen (secondary N) is 1. The molecule has 29 heavy (non-hydrogen) atoms. The van der Waals surface area contributed by atoms with Crippen molar-refractivity contribution in [3.63, 3.8) is 0 Å². The average molecular weight is 395 g/mol. The van der Waals surface area contributed by atoms with Gasteiger partial charge < -0.3 is 15.3 Å². The molecule has 0 heterocycles. The summed E-state index contributed by atoms with van der Waals surface area (Å²) in [5, 5.41) is 12.1. The predicted octanol–water partition coefficient (Wildman–Crippen LogP) is 3.93. The van der Waals surface area contributed by atoms with E-state index in [1.54, 1.807) is 24.9 Å². The van der Waals surface area contributed by atoms with Crippen LogP contribution in [0.2, 0.25) is 0 Å². The number of nitrogens with zero attached hydrogens (tertiary/aromatic N) is 1. The van der Waals surface area contributed by atoms with Crippen molar-refractivity contribution >= 4 is 17.5 Å². The monoisotopic (exact) mass is 394 g/mol. The van der Waals surface area contributed by atoms with E-state index in [0.29, 0.717) is 11.3 Å². The molecule has 5 heteroatoms. The largest absolute Gasteiger partial charge is 0.394 e. The van der Waals surface area contributed by atoms with Gasteiger partial charge in [0.25, 0.3) is 5.91 Å². The van der Waals surface area contributed by atoms with Crippen LogP contribution >= 0.6 is 0 Å². The first-order valence-electron chi connectivity index (χ1n) is 10.3. The molecule has 0 aliphatic heterocycles. The van der Waals surface area contributed by atoms with Crippen molar-refractivity contribution in [2.45, 2.75) is 45.6 Å². The van der Waals surface area contributed by atoms with Gasteiger partial charge >= 0.3 is 0 Å². The molecule has 2 aromatic carbocycles. The second-order valence-electron chi connectivity index (χ2n) is 8.07. The van der Waals surface area contributed by atoms with Crippen LogP contribution in [0, 0.1) is 12.8 Å². The molecule has 3 rings (SSSR count). The highest BCUT2D eigenvalue weighted by Gasteiger charge is 2.27. The second kappa shape index (κ2) is 9.23. The lowest BCUT2D eigenvalue weighted by Crippen LogP contribution is -2.35. The van der Waals surface area contributed by atoms with E-state index in [0.717, 1.165) is 42.4 Å². The van der Waals surface area contributed by atoms with E-state index < -0.39 is 0 Å². The van der Waals surface area contributed by atoms with Crippen LogP contribution in [-0.2, 0) is 4.79 Å². The Hall–Kier alpha value is -2.66. The number of hydrogen-bond acceptors (Lipinski definition) is 3. The van der Waals surface area contributed by atoms with E-state index in [1.165, 1.54) is 0 Å². The lowest BCUT2D eigenvalue weighted by Gasteiger charge is -2.23. The fourth-order valence-electron chi connectivity index (χ4n) is 3.78. The van der Waals surface area contributed by atoms with Crippen molar-refractivity contribution in [3.8, 4) is 11.1 Å². The van der Waals surface area contributed by atoms with Crippen LogP contribution in [0.5, 0.6) is 0 Å². The van der Waals surface area contributed by atoms with Crippen LogP contribution in [0.3, 0.4) is 0 Å². The number of aliphatic hydroxyl groups is 1. The van der Waals surface area contributed by atoms with Crippen LogP contribution in [0.4, 0.5) is 5.69 Å². The average Bonchev–Trinajstić information content (AvgIpc) is 3.27. The molecular formula is C24H30N2O3. The maximum absolute atomic E-state index is 12.9. The molecule has 0 bridgehead atoms. The maximum Gasteiger partial charge on any atom is 0.251 e. The Morgan fingerprint density at radius 1 is 1.10 bits per heavy atom. The number of anilines is 1. The number of amides is 2. The summed E-state index contributed by atoms with van der Waals surface area (Å²) in [5.74, 6) is -0.0863. The molecule has 0 saturated heterocycles. The molecule has 1 aliphatic carbocycles. The number of carbonyl (C=O) groups is 2. The summed E-state index contributed by atoms with van der Waals surface area (Å²) in [7, 11) is 1.78. The predicted molar refractivity (Wildman–Crippen MR) is 116 cm³/mol. The van der Waals surface area contributed by atoms with Gasteiger partial charge in [-0.2, -0.15) is 0 Å². The minimum Gasteiger partial charge on any atom is -0.394 e. The highest BCUT2D eigenvalue weighted by Crippen LogP contribution is 2.31. The van der Waals surface area contributed by atoms with Gasteiger partial charge in [0.1, 0.15) is 0 Å². The van der Waals surface area contributed by atoms with Crippen LogP contribution in [0.1, 0.15) is 48.5 Å². The van der Waals surface area contributed by atoms with Crippen molar-refractivity contribution < 1.29 is 14.7 Å². The number of aryl methyl sites for hydroxylation is 1. The molecule has 154 valence electrons. The van der Waals surface area contributed by atoms with Gasteiger partial charge in [-0.3, -0.25) is 9.59 Å². The number of aliphatic hydroxyl groups excluding tert-OH is 1. The molecule has 2 aromatic rings. The van der Waals surface area contributed by atoms with E-state index in [1.807, 2.05) is 43.3 Å². The first-order chi connectivity index (χ1) is 13.9. The SMILES string of the molecule is Cc1ccc(-c2cc(C(=O)NC(C)CO)cc(N(C)C(=O)C3CCCC3)c2)cc1. The zero-order valence-corrected chi connectivity index (χ0v) is 17.4. The van der Waals surface area contributed by atoms with Crippen LogP contribution in [-0.4, -0.2) is 36.6 Å². The van der Waals surface area contributed by atoms with Crippen LogP contribution in [0.25, 0.3) is 11.1 Å². The summed E-state index contributed by atoms with van der Waals surface area (Å²) in [6, 6.07) is 13.3. The number of hydrogen-bond donors (Lipinski definition) is 2. The Morgan fingerprint density at radius 2 is 1.76 bits per heavy atom. The maximum atomic E-state index is 12.9. The van der Waals surface area contributed by atoms with Gasteiger partial charge in [-0.15, -0.1) is 0 Å². The highest BCUT2D eigenvalue weighted by molar-refractivity contribution is 6.00. The summed E-state index contributed by atoms with van der Waals surface area (Å²) in [6.45, 7) is 3.65. The van der Waals surface area contributed by atoms with Gasteiger partial charge in [0.15, 0.2) is 0 Å². The van der Waals surface area contributed by atoms with Gasteiger partial charge in [0.2, 0.25) is 5.91 Å². The van der Waals surface area contributed by atoms with E-state index >= 15 is 0 Å². The third-order valence-corrected chi connectivity index (χ3v) is 5.64. The van der Waals surface area contributed by atoms with Crippen molar-refractivity contribution in [1.29, 1.82) is 0 Å². The normalized spacial score (nSPS) is 15.2. The van der Waals surface area contributed by atoms with Gasteiger partial charge in [-0.1, -0.05) is 42.7 Å². The Balaban J connectivity index is 1.98. The molecule has 1 saturated carbocycles. The van der Waals surface area contributed by atoms with Crippen molar-refractivity contribution in [2.75, 3.05) is 18.6 Å². The van der Waals surface area contributed by atoms with Crippen LogP contribution in [0.15, 0.2) is 42.5 Å². The fraction of sp³-hybridized carbons (Fsp3) is 0.417. The molecule has 1 unspecified atom stereocenters. The highest BCUT2D eigenvalue weighted by atomic mass is 16.3. The lowest BCUT2D eigenvalue weighted by atomic mass is 9.99. The van der Waals surface area contributed by atoms with Gasteiger partial charge in [-0.05, 0) is 56.0 Å². The summed E-state index contributed by atoms with van der Waals surface area (Å²) in [5.41, 5.74) is 4.22. The molecule has 1 atom stereocenters. The Kier molecular flexibility index (Phi) is 6.70. The van der Waals surface area contributed by atoms with E-state index in [2.05, 4.69) is 5.32 Å². The second-order valence-corrected chi connectivity index (χ2v) is 8.07. The standard InChI is InChI=1S/C24H30N2O3/c1-16-8-10-18(11-9-16)20-12-21(23(28)25-17(2)15-27)14-22(13-20)26(3)24(29)19-6-4-5-7-19/h8-14,17,19,27H,4-7,15H2,1-3H3,(H,25,28). The van der Waals surface area contributed by atoms with E-state index in [-0.39, 0.29) is 30.4 Å². The number of rotatable bonds is 6. The van der Waals surface area contributed by atoms with E-state index in [9.17, 15) is 14.7 Å². The first-order valence-corrected chi connectivity index (χ1v) is 10.3. The van der Waals surface area contributed by atoms with Crippen molar-refractivity contribution in [2.24, 2.45) is 5.92 Å². The molecule has 2 N–H and O–H groups in total. The Bertz CT molecular complexity index is 870. The van der Waals surface area contributed by atoms with Crippen molar-refractivity contribution in [3.05, 3.63) is 53.6 Å². The summed E-state index contributed by atoms with van der Waals surface area (Å²) >= 11 is 0. The molecule has 1 fully saturated rings. The first kappa shape index (κ1) is 21.1. The number of carbonyl (C=O) groups excluding carboxylic acids is 2. The molecule has 2 amide bonds. The Morgan fingerprint density at radius 3 is 2.38 bits per heavy atom. The van der Waals surface area contributed by atoms with Gasteiger partial charge in [0, 0.05) is 30.3 Å². The molecule has 5 nitrogen and oxygen atoms in total. The van der Waals surface area contributed by atoms with Crippen LogP contribution < -0.4 is 10.2 Å². The molecule has 1 aliphatic rings. The van der Waals surface area contributed by atoms with Gasteiger partial charge in [0.05, 0.1) is 6.61 Å². The van der Waals surface area contributed by atoms with Crippen molar-refractivity contribution in [1.82, 2.24) is 5.32 Å². The third kappa shape index (κ3) is 5.04. The Labute approximate surface area is 172 Å². The molecule has 0 spiro atoms. The smallest absolute Gasteiger partial charge is 0.251 e. The zero-order chi connectivity index (χ0) is 21.0. The van der Waals surface area contributed by atoms with E-state index in [4.69, 9.17) is 0 Å². The summed E-state index contributed by atoms with van der Waals surface area (Å²) in [4.78, 5) is 27.3. The summed E-state index contributed by atoms with van der Waals surface area (Å²) in [6.07, 6.45) is 4.06. The zero-order valence-electron chi connectivity index (χ0n) is 17.4. The lowest BCUT2D eigenvalue weighted by molar-refractivity contribution is -0.121. The minimum atomic E-state index is -0.341. The molecule has 0 radical (unpaired) electrons. The molecule has 0 aromatic heterocycles. The van der Waals surface area contributed by atoms with Gasteiger partial charge in [-0.25, -0.2) is 0 Å². The topological polar surface area (TPSA) is 69.6 Å². The molecular weight excluding hydrogens is 364 g/mol.